The van der Waals surface area contributed by atoms with Crippen LogP contribution in [-0.4, -0.2) is 27.9 Å². The maximum atomic E-state index is 12.9. The lowest BCUT2D eigenvalue weighted by atomic mass is 10.1. The molecule has 4 nitrogen and oxygen atoms in total. The van der Waals surface area contributed by atoms with Crippen molar-refractivity contribution in [2.24, 2.45) is 0 Å². The molecule has 0 spiro atoms. The summed E-state index contributed by atoms with van der Waals surface area (Å²) >= 11 is 0. The zero-order valence-electron chi connectivity index (χ0n) is 10.4. The smallest absolute Gasteiger partial charge is 0.257 e. The zero-order chi connectivity index (χ0) is 13.8. The maximum absolute atomic E-state index is 12.9. The lowest BCUT2D eigenvalue weighted by Gasteiger charge is -2.17. The molecule has 0 fully saturated rings. The van der Waals surface area contributed by atoms with E-state index in [0.717, 1.165) is 17.7 Å². The standard InChI is InChI=1S/C14H13FN2O2/c1-17(9-10-4-6-16-7-5-10)14(19)12-3-2-11(15)8-13(12)18/h2-8,18H,9H2,1H3. The molecule has 2 aromatic rings. The number of aromatic hydroxyl groups is 1. The minimum Gasteiger partial charge on any atom is -0.507 e. The van der Waals surface area contributed by atoms with E-state index < -0.39 is 5.82 Å². The lowest BCUT2D eigenvalue weighted by molar-refractivity contribution is 0.0782. The van der Waals surface area contributed by atoms with Gasteiger partial charge in [0.25, 0.3) is 5.91 Å². The fourth-order valence-electron chi connectivity index (χ4n) is 1.73. The number of phenolic OH excluding ortho intramolecular Hbond substituents is 1. The average Bonchev–Trinajstić information content (AvgIpc) is 2.39. The van der Waals surface area contributed by atoms with Gasteiger partial charge in [0.1, 0.15) is 11.6 Å². The van der Waals surface area contributed by atoms with E-state index >= 15 is 0 Å². The normalized spacial score (nSPS) is 10.2. The summed E-state index contributed by atoms with van der Waals surface area (Å²) in [5.41, 5.74) is 1.01. The Morgan fingerprint density at radius 2 is 2.00 bits per heavy atom. The average molecular weight is 260 g/mol. The van der Waals surface area contributed by atoms with Crippen molar-refractivity contribution in [2.45, 2.75) is 6.54 Å². The summed E-state index contributed by atoms with van der Waals surface area (Å²) in [6.07, 6.45) is 3.28. The third-order valence-electron chi connectivity index (χ3n) is 2.71. The maximum Gasteiger partial charge on any atom is 0.257 e. The first-order valence-corrected chi connectivity index (χ1v) is 5.71. The zero-order valence-corrected chi connectivity index (χ0v) is 10.4. The molecule has 5 heteroatoms. The summed E-state index contributed by atoms with van der Waals surface area (Å²) < 4.78 is 12.9. The van der Waals surface area contributed by atoms with Crippen LogP contribution in [0.15, 0.2) is 42.7 Å². The SMILES string of the molecule is CN(Cc1ccncc1)C(=O)c1ccc(F)cc1O. The van der Waals surface area contributed by atoms with Crippen LogP contribution in [0.2, 0.25) is 0 Å². The Morgan fingerprint density at radius 1 is 1.32 bits per heavy atom. The number of pyridine rings is 1. The second-order valence-corrected chi connectivity index (χ2v) is 4.18. The Balaban J connectivity index is 2.15. The molecule has 0 saturated heterocycles. The van der Waals surface area contributed by atoms with Gasteiger partial charge >= 0.3 is 0 Å². The number of nitrogens with zero attached hydrogens (tertiary/aromatic N) is 2. The van der Waals surface area contributed by atoms with E-state index in [2.05, 4.69) is 4.98 Å². The monoisotopic (exact) mass is 260 g/mol. The van der Waals surface area contributed by atoms with Gasteiger partial charge in [-0.3, -0.25) is 9.78 Å². The molecule has 0 radical (unpaired) electrons. The minimum atomic E-state index is -0.578. The van der Waals surface area contributed by atoms with E-state index in [-0.39, 0.29) is 17.2 Å². The number of hydrogen-bond donors (Lipinski definition) is 1. The van der Waals surface area contributed by atoms with Gasteiger partial charge in [-0.1, -0.05) is 0 Å². The van der Waals surface area contributed by atoms with Crippen LogP contribution in [0, 0.1) is 5.82 Å². The Hall–Kier alpha value is -2.43. The predicted octanol–water partition coefficient (Wildman–Crippen LogP) is 2.20. The topological polar surface area (TPSA) is 53.4 Å². The highest BCUT2D eigenvalue weighted by Crippen LogP contribution is 2.20. The fraction of sp³-hybridized carbons (Fsp3) is 0.143. The molecule has 0 unspecified atom stereocenters. The van der Waals surface area contributed by atoms with Crippen LogP contribution in [0.3, 0.4) is 0 Å². The van der Waals surface area contributed by atoms with Crippen molar-refractivity contribution in [1.82, 2.24) is 9.88 Å². The van der Waals surface area contributed by atoms with Crippen molar-refractivity contribution in [3.05, 3.63) is 59.7 Å². The first-order chi connectivity index (χ1) is 9.08. The van der Waals surface area contributed by atoms with Crippen molar-refractivity contribution in [1.29, 1.82) is 0 Å². The molecule has 98 valence electrons. The van der Waals surface area contributed by atoms with Gasteiger partial charge in [-0.25, -0.2) is 4.39 Å². The lowest BCUT2D eigenvalue weighted by Crippen LogP contribution is -2.26. The van der Waals surface area contributed by atoms with Crippen LogP contribution < -0.4 is 0 Å². The van der Waals surface area contributed by atoms with Gasteiger partial charge < -0.3 is 10.0 Å². The molecule has 1 amide bonds. The Bertz CT molecular complexity index is 587. The van der Waals surface area contributed by atoms with Gasteiger partial charge in [0.15, 0.2) is 0 Å². The highest BCUT2D eigenvalue weighted by molar-refractivity contribution is 5.96. The predicted molar refractivity (Wildman–Crippen MR) is 68.1 cm³/mol. The minimum absolute atomic E-state index is 0.0814. The highest BCUT2D eigenvalue weighted by atomic mass is 19.1. The fourth-order valence-corrected chi connectivity index (χ4v) is 1.73. The molecule has 0 aliphatic rings. The van der Waals surface area contributed by atoms with Crippen LogP contribution >= 0.6 is 0 Å². The summed E-state index contributed by atoms with van der Waals surface area (Å²) in [5, 5.41) is 9.58. The number of aromatic nitrogens is 1. The molecule has 1 aromatic carbocycles. The summed E-state index contributed by atoms with van der Waals surface area (Å²) in [7, 11) is 1.62. The van der Waals surface area contributed by atoms with Gasteiger partial charge in [0, 0.05) is 32.1 Å². The van der Waals surface area contributed by atoms with Crippen molar-refractivity contribution >= 4 is 5.91 Å². The molecular weight excluding hydrogens is 247 g/mol. The Labute approximate surface area is 110 Å². The molecule has 0 atom stereocenters. The molecule has 1 aromatic heterocycles. The van der Waals surface area contributed by atoms with Crippen LogP contribution in [0.5, 0.6) is 5.75 Å². The molecule has 0 bridgehead atoms. The molecule has 0 saturated carbocycles. The third-order valence-corrected chi connectivity index (χ3v) is 2.71. The summed E-state index contributed by atoms with van der Waals surface area (Å²) in [4.78, 5) is 17.5. The first-order valence-electron chi connectivity index (χ1n) is 5.71. The van der Waals surface area contributed by atoms with Gasteiger partial charge in [-0.2, -0.15) is 0 Å². The second kappa shape index (κ2) is 5.48. The number of phenols is 1. The van der Waals surface area contributed by atoms with Crippen LogP contribution in [0.1, 0.15) is 15.9 Å². The van der Waals surface area contributed by atoms with Gasteiger partial charge in [-0.05, 0) is 29.8 Å². The second-order valence-electron chi connectivity index (χ2n) is 4.18. The molecule has 0 aliphatic carbocycles. The number of amides is 1. The molecular formula is C14H13FN2O2. The van der Waals surface area contributed by atoms with Gasteiger partial charge in [-0.15, -0.1) is 0 Å². The molecule has 1 heterocycles. The summed E-state index contributed by atoms with van der Waals surface area (Å²) in [5.74, 6) is -1.30. The number of hydrogen-bond acceptors (Lipinski definition) is 3. The number of benzene rings is 1. The van der Waals surface area contributed by atoms with E-state index in [1.165, 1.54) is 11.0 Å². The summed E-state index contributed by atoms with van der Waals surface area (Å²) in [6, 6.07) is 6.94. The molecule has 19 heavy (non-hydrogen) atoms. The van der Waals surface area contributed by atoms with E-state index in [1.807, 2.05) is 0 Å². The number of rotatable bonds is 3. The van der Waals surface area contributed by atoms with Gasteiger partial charge in [0.2, 0.25) is 0 Å². The first kappa shape index (κ1) is 13.0. The van der Waals surface area contributed by atoms with E-state index in [4.69, 9.17) is 0 Å². The van der Waals surface area contributed by atoms with Crippen molar-refractivity contribution in [2.75, 3.05) is 7.05 Å². The van der Waals surface area contributed by atoms with Crippen LogP contribution in [0.4, 0.5) is 4.39 Å². The van der Waals surface area contributed by atoms with E-state index in [9.17, 15) is 14.3 Å². The number of carbonyl (C=O) groups excluding carboxylic acids is 1. The van der Waals surface area contributed by atoms with Crippen molar-refractivity contribution < 1.29 is 14.3 Å². The molecule has 1 N–H and O–H groups in total. The van der Waals surface area contributed by atoms with Gasteiger partial charge in [0.05, 0.1) is 5.56 Å². The third kappa shape index (κ3) is 3.07. The van der Waals surface area contributed by atoms with E-state index in [1.54, 1.807) is 31.6 Å². The highest BCUT2D eigenvalue weighted by Gasteiger charge is 2.16. The van der Waals surface area contributed by atoms with E-state index in [0.29, 0.717) is 6.54 Å². The van der Waals surface area contributed by atoms with Crippen molar-refractivity contribution in [3.8, 4) is 5.75 Å². The summed E-state index contributed by atoms with van der Waals surface area (Å²) in [6.45, 7) is 0.387. The van der Waals surface area contributed by atoms with Crippen LogP contribution in [-0.2, 0) is 6.54 Å². The van der Waals surface area contributed by atoms with Crippen LogP contribution in [0.25, 0.3) is 0 Å². The molecule has 2 rings (SSSR count). The quantitative estimate of drug-likeness (QED) is 0.920. The number of carbonyl (C=O) groups is 1. The Kier molecular flexibility index (Phi) is 3.75. The molecule has 0 aliphatic heterocycles. The Morgan fingerprint density at radius 3 is 2.63 bits per heavy atom. The number of halogens is 1. The van der Waals surface area contributed by atoms with Crippen molar-refractivity contribution in [3.63, 3.8) is 0 Å². The largest absolute Gasteiger partial charge is 0.507 e.